The first-order valence-electron chi connectivity index (χ1n) is 7.67. The van der Waals surface area contributed by atoms with Gasteiger partial charge in [-0.1, -0.05) is 42.5 Å². The van der Waals surface area contributed by atoms with Crippen LogP contribution in [-0.4, -0.2) is 10.5 Å². The Hall–Kier alpha value is -3.27. The topological polar surface area (TPSA) is 40.5 Å². The van der Waals surface area contributed by atoms with Gasteiger partial charge in [0.05, 0.1) is 11.4 Å². The fourth-order valence-corrected chi connectivity index (χ4v) is 2.81. The van der Waals surface area contributed by atoms with E-state index in [0.29, 0.717) is 17.3 Å². The monoisotopic (exact) mass is 317 g/mol. The van der Waals surface area contributed by atoms with Gasteiger partial charge in [0.2, 0.25) is 0 Å². The summed E-state index contributed by atoms with van der Waals surface area (Å²) >= 11 is 0. The van der Waals surface area contributed by atoms with Crippen LogP contribution in [0.25, 0.3) is 17.2 Å². The number of benzene rings is 2. The van der Waals surface area contributed by atoms with Gasteiger partial charge in [0.25, 0.3) is 0 Å². The average molecular weight is 317 g/mol. The molecule has 0 bridgehead atoms. The number of carbonyl (C=O) groups is 1. The Bertz CT molecular complexity index is 938. The molecule has 0 atom stereocenters. The lowest BCUT2D eigenvalue weighted by Gasteiger charge is -2.13. The summed E-state index contributed by atoms with van der Waals surface area (Å²) in [7, 11) is 0. The first-order chi connectivity index (χ1) is 11.7. The number of hydrogen-bond acceptors (Lipinski definition) is 3. The molecule has 3 aromatic rings. The summed E-state index contributed by atoms with van der Waals surface area (Å²) in [6.45, 7) is 1.39. The largest absolute Gasteiger partial charge is 0.451 e. The van der Waals surface area contributed by atoms with Crippen molar-refractivity contribution in [1.29, 1.82) is 0 Å². The summed E-state index contributed by atoms with van der Waals surface area (Å²) in [5, 5.41) is 0. The molecule has 0 saturated carbocycles. The Labute approximate surface area is 139 Å². The Balaban J connectivity index is 2.02. The minimum Gasteiger partial charge on any atom is -0.451 e. The number of rotatable bonds is 2. The van der Waals surface area contributed by atoms with Gasteiger partial charge in [0, 0.05) is 18.7 Å². The molecule has 1 aromatic heterocycles. The molecule has 0 unspecified atom stereocenters. The fraction of sp³-hybridized carbons (Fsp3) is 0.0500. The highest BCUT2D eigenvalue weighted by molar-refractivity contribution is 5.90. The number of aromatic nitrogens is 1. The van der Waals surface area contributed by atoms with Crippen LogP contribution in [0.4, 0.5) is 0 Å². The van der Waals surface area contributed by atoms with E-state index >= 15 is 0 Å². The van der Waals surface area contributed by atoms with Crippen molar-refractivity contribution >= 4 is 17.5 Å². The smallest absolute Gasteiger partial charge is 0.308 e. The van der Waals surface area contributed by atoms with E-state index in [9.17, 15) is 4.79 Å². The third kappa shape index (κ3) is 2.38. The molecule has 1 aliphatic rings. The van der Waals surface area contributed by atoms with Crippen molar-refractivity contribution in [2.45, 2.75) is 6.92 Å². The molecule has 24 heavy (non-hydrogen) atoms. The van der Waals surface area contributed by atoms with Crippen LogP contribution in [-0.2, 0) is 9.53 Å². The summed E-state index contributed by atoms with van der Waals surface area (Å²) in [5.41, 5.74) is 2.51. The van der Waals surface area contributed by atoms with Gasteiger partial charge in [-0.05, 0) is 24.3 Å². The van der Waals surface area contributed by atoms with E-state index in [0.717, 1.165) is 16.9 Å². The molecule has 0 amide bonds. The van der Waals surface area contributed by atoms with E-state index in [-0.39, 0.29) is 5.97 Å². The molecule has 0 spiro atoms. The maximum absolute atomic E-state index is 11.7. The second-order valence-corrected chi connectivity index (χ2v) is 5.45. The molecular formula is C20H15NO3. The van der Waals surface area contributed by atoms with E-state index in [1.807, 2.05) is 77.5 Å². The number of nitrogens with zero attached hydrogens (tertiary/aromatic N) is 1. The van der Waals surface area contributed by atoms with Gasteiger partial charge in [-0.2, -0.15) is 0 Å². The third-order valence-electron chi connectivity index (χ3n) is 3.81. The minimum absolute atomic E-state index is 0.388. The van der Waals surface area contributed by atoms with Crippen LogP contribution in [0.3, 0.4) is 0 Å². The van der Waals surface area contributed by atoms with Crippen LogP contribution in [0.5, 0.6) is 5.75 Å². The van der Waals surface area contributed by atoms with Gasteiger partial charge in [-0.3, -0.25) is 4.79 Å². The van der Waals surface area contributed by atoms with Gasteiger partial charge in [0.1, 0.15) is 0 Å². The van der Waals surface area contributed by atoms with E-state index in [4.69, 9.17) is 9.47 Å². The minimum atomic E-state index is -0.388. The molecule has 0 fully saturated rings. The normalized spacial score (nSPS) is 12.7. The van der Waals surface area contributed by atoms with Crippen molar-refractivity contribution in [3.8, 4) is 11.4 Å². The zero-order chi connectivity index (χ0) is 16.5. The van der Waals surface area contributed by atoms with E-state index in [2.05, 4.69) is 0 Å². The fourth-order valence-electron chi connectivity index (χ4n) is 2.81. The van der Waals surface area contributed by atoms with E-state index < -0.39 is 0 Å². The number of esters is 1. The van der Waals surface area contributed by atoms with Crippen molar-refractivity contribution in [3.05, 3.63) is 84.2 Å². The van der Waals surface area contributed by atoms with Gasteiger partial charge in [-0.15, -0.1) is 0 Å². The number of fused-ring (bicyclic) bond motifs is 3. The number of carbonyl (C=O) groups excluding carboxylic acids is 1. The number of para-hydroxylation sites is 2. The molecule has 4 heteroatoms. The summed E-state index contributed by atoms with van der Waals surface area (Å²) in [4.78, 5) is 11.7. The zero-order valence-corrected chi connectivity index (χ0v) is 13.1. The van der Waals surface area contributed by atoms with Crippen molar-refractivity contribution in [2.75, 3.05) is 0 Å². The summed E-state index contributed by atoms with van der Waals surface area (Å²) in [5.74, 6) is 1.25. The molecule has 2 heterocycles. The molecule has 0 radical (unpaired) electrons. The van der Waals surface area contributed by atoms with Crippen LogP contribution in [0.15, 0.2) is 72.9 Å². The van der Waals surface area contributed by atoms with E-state index in [1.165, 1.54) is 6.92 Å². The maximum Gasteiger partial charge on any atom is 0.308 e. The number of ether oxygens (including phenoxy) is 2. The predicted molar refractivity (Wildman–Crippen MR) is 91.4 cm³/mol. The standard InChI is InChI=1S/C20H15NO3/c1-14(22)23-20-17-11-7-13-21(17)16-10-5-6-12-18(16)24-19(20)15-8-3-2-4-9-15/h2-13H,1H3. The Morgan fingerprint density at radius 1 is 0.958 bits per heavy atom. The molecule has 4 nitrogen and oxygen atoms in total. The first-order valence-corrected chi connectivity index (χ1v) is 7.67. The highest BCUT2D eigenvalue weighted by Gasteiger charge is 2.25. The number of hydrogen-bond donors (Lipinski definition) is 0. The lowest BCUT2D eigenvalue weighted by molar-refractivity contribution is -0.134. The summed E-state index contributed by atoms with van der Waals surface area (Å²) in [6.07, 6.45) is 1.93. The SMILES string of the molecule is CC(=O)OC1=C(c2ccccc2)Oc2ccccc2-n2cccc21. The Morgan fingerprint density at radius 2 is 1.71 bits per heavy atom. The van der Waals surface area contributed by atoms with Crippen molar-refractivity contribution in [3.63, 3.8) is 0 Å². The molecule has 0 N–H and O–H groups in total. The third-order valence-corrected chi connectivity index (χ3v) is 3.81. The average Bonchev–Trinajstić information content (AvgIpc) is 3.04. The highest BCUT2D eigenvalue weighted by Crippen LogP contribution is 2.38. The first kappa shape index (κ1) is 14.3. The zero-order valence-electron chi connectivity index (χ0n) is 13.1. The van der Waals surface area contributed by atoms with Crippen LogP contribution in [0.2, 0.25) is 0 Å². The van der Waals surface area contributed by atoms with Gasteiger partial charge < -0.3 is 14.0 Å². The van der Waals surface area contributed by atoms with Crippen LogP contribution in [0.1, 0.15) is 18.2 Å². The molecule has 4 rings (SSSR count). The summed E-state index contributed by atoms with van der Waals surface area (Å²) < 4.78 is 13.7. The molecule has 118 valence electrons. The quantitative estimate of drug-likeness (QED) is 0.663. The lowest BCUT2D eigenvalue weighted by Crippen LogP contribution is -2.06. The second-order valence-electron chi connectivity index (χ2n) is 5.45. The maximum atomic E-state index is 11.7. The van der Waals surface area contributed by atoms with Crippen LogP contribution >= 0.6 is 0 Å². The van der Waals surface area contributed by atoms with Crippen molar-refractivity contribution in [1.82, 2.24) is 4.57 Å². The highest BCUT2D eigenvalue weighted by atomic mass is 16.6. The summed E-state index contributed by atoms with van der Waals surface area (Å²) in [6, 6.07) is 21.2. The predicted octanol–water partition coefficient (Wildman–Crippen LogP) is 4.26. The van der Waals surface area contributed by atoms with Gasteiger partial charge >= 0.3 is 5.97 Å². The molecule has 1 aliphatic heterocycles. The van der Waals surface area contributed by atoms with Gasteiger partial charge in [-0.25, -0.2) is 0 Å². The molecular weight excluding hydrogens is 302 g/mol. The van der Waals surface area contributed by atoms with Crippen molar-refractivity contribution in [2.24, 2.45) is 0 Å². The molecule has 0 saturated heterocycles. The molecule has 2 aromatic carbocycles. The lowest BCUT2D eigenvalue weighted by atomic mass is 10.1. The Morgan fingerprint density at radius 3 is 2.50 bits per heavy atom. The van der Waals surface area contributed by atoms with Crippen LogP contribution in [0, 0.1) is 0 Å². The van der Waals surface area contributed by atoms with Crippen LogP contribution < -0.4 is 4.74 Å². The van der Waals surface area contributed by atoms with Crippen molar-refractivity contribution < 1.29 is 14.3 Å². The molecule has 0 aliphatic carbocycles. The van der Waals surface area contributed by atoms with Gasteiger partial charge in [0.15, 0.2) is 17.3 Å². The second kappa shape index (κ2) is 5.74. The Kier molecular flexibility index (Phi) is 3.43. The van der Waals surface area contributed by atoms with E-state index in [1.54, 1.807) is 0 Å².